The minimum atomic E-state index is -1.29. The van der Waals surface area contributed by atoms with Gasteiger partial charge in [0.15, 0.2) is 16.6 Å². The molecule has 2 fully saturated rings. The highest BCUT2D eigenvalue weighted by Crippen LogP contribution is 2.39. The molecule has 0 aromatic carbocycles. The second-order valence-corrected chi connectivity index (χ2v) is 7.19. The van der Waals surface area contributed by atoms with E-state index in [-0.39, 0.29) is 18.9 Å². The lowest BCUT2D eigenvalue weighted by Gasteiger charge is -2.25. The fourth-order valence-corrected chi connectivity index (χ4v) is 3.11. The van der Waals surface area contributed by atoms with Crippen molar-refractivity contribution in [2.75, 3.05) is 13.2 Å². The molecule has 0 bridgehead atoms. The van der Waals surface area contributed by atoms with Crippen LogP contribution in [0.15, 0.2) is 11.6 Å². The fourth-order valence-electron chi connectivity index (χ4n) is 3.11. The van der Waals surface area contributed by atoms with E-state index in [0.29, 0.717) is 0 Å². The zero-order chi connectivity index (χ0) is 20.4. The topological polar surface area (TPSA) is 121 Å². The van der Waals surface area contributed by atoms with Crippen LogP contribution < -0.4 is 0 Å². The molecule has 0 aliphatic carbocycles. The Morgan fingerprint density at radius 3 is 2.41 bits per heavy atom. The van der Waals surface area contributed by atoms with Crippen LogP contribution in [0.25, 0.3) is 4.98 Å². The van der Waals surface area contributed by atoms with E-state index in [1.165, 1.54) is 6.92 Å². The summed E-state index contributed by atoms with van der Waals surface area (Å²) in [6.07, 6.45) is -3.49. The van der Waals surface area contributed by atoms with Gasteiger partial charge in [-0.15, -0.1) is 0 Å². The molecule has 2 rings (SSSR count). The molecule has 2 heterocycles. The minimum absolute atomic E-state index is 0.113. The van der Waals surface area contributed by atoms with Gasteiger partial charge in [0.05, 0.1) is 13.2 Å². The van der Waals surface area contributed by atoms with Crippen LogP contribution in [-0.4, -0.2) is 60.3 Å². The molecule has 0 aromatic heterocycles. The molecule has 10 heteroatoms. The van der Waals surface area contributed by atoms with Crippen LogP contribution in [0.2, 0.25) is 0 Å². The van der Waals surface area contributed by atoms with Crippen LogP contribution in [0.4, 0.5) is 0 Å². The van der Waals surface area contributed by atoms with Crippen molar-refractivity contribution in [3.8, 4) is 0 Å². The molecule has 0 saturated carbocycles. The van der Waals surface area contributed by atoms with Gasteiger partial charge in [-0.2, -0.15) is 0 Å². The van der Waals surface area contributed by atoms with E-state index in [1.807, 2.05) is 0 Å². The first-order chi connectivity index (χ1) is 12.5. The Kier molecular flexibility index (Phi) is 6.32. The number of carbonyl (C=O) groups is 1. The SMILES string of the molecule is CCO/C(O)=C(\[N+]#N)C(OC(C)=O)[C@H]1OC(C)(C)O[C@@H]1[C@H]1COC(C)(C)O1. The Balaban J connectivity index is 2.40. The number of aliphatic hydroxyl groups excluding tert-OH is 1. The van der Waals surface area contributed by atoms with Gasteiger partial charge in [-0.25, -0.2) is 0 Å². The number of rotatable bonds is 6. The average molecular weight is 387 g/mol. The van der Waals surface area contributed by atoms with E-state index in [4.69, 9.17) is 28.4 Å². The number of diazo groups is 1. The molecule has 0 aromatic rings. The Morgan fingerprint density at radius 2 is 1.93 bits per heavy atom. The first-order valence-electron chi connectivity index (χ1n) is 8.75. The number of hydrogen-bond donors (Lipinski definition) is 1. The Morgan fingerprint density at radius 1 is 1.26 bits per heavy atom. The van der Waals surface area contributed by atoms with Gasteiger partial charge in [0.2, 0.25) is 11.5 Å². The molecule has 152 valence electrons. The number of aliphatic hydroxyl groups is 1. The third-order valence-electron chi connectivity index (χ3n) is 4.03. The molecule has 0 amide bonds. The summed E-state index contributed by atoms with van der Waals surface area (Å²) in [6, 6.07) is 0. The van der Waals surface area contributed by atoms with E-state index in [1.54, 1.807) is 34.6 Å². The number of hydrogen-bond acceptors (Lipinski definition) is 9. The number of carbonyl (C=O) groups excluding carboxylic acids is 1. The second-order valence-electron chi connectivity index (χ2n) is 7.19. The van der Waals surface area contributed by atoms with Gasteiger partial charge in [0.25, 0.3) is 0 Å². The lowest BCUT2D eigenvalue weighted by molar-refractivity contribution is -0.176. The first kappa shape index (κ1) is 21.4. The zero-order valence-electron chi connectivity index (χ0n) is 16.4. The summed E-state index contributed by atoms with van der Waals surface area (Å²) in [5.41, 5.74) is -0.387. The largest absolute Gasteiger partial charge is 0.483 e. The molecule has 1 N–H and O–H groups in total. The highest BCUT2D eigenvalue weighted by atomic mass is 16.8. The van der Waals surface area contributed by atoms with Crippen LogP contribution in [0.5, 0.6) is 0 Å². The molecular weight excluding hydrogens is 360 g/mol. The van der Waals surface area contributed by atoms with Crippen LogP contribution in [-0.2, 0) is 33.2 Å². The maximum atomic E-state index is 11.7. The summed E-state index contributed by atoms with van der Waals surface area (Å²) in [5.74, 6) is -3.19. The van der Waals surface area contributed by atoms with Crippen LogP contribution in [0.1, 0.15) is 41.5 Å². The quantitative estimate of drug-likeness (QED) is 0.415. The van der Waals surface area contributed by atoms with Gasteiger partial charge in [-0.1, -0.05) is 0 Å². The van der Waals surface area contributed by atoms with Gasteiger partial charge in [-0.3, -0.25) is 4.79 Å². The smallest absolute Gasteiger partial charge is 0.475 e. The summed E-state index contributed by atoms with van der Waals surface area (Å²) in [7, 11) is 0. The van der Waals surface area contributed by atoms with Gasteiger partial charge >= 0.3 is 17.6 Å². The van der Waals surface area contributed by atoms with Crippen molar-refractivity contribution in [1.82, 2.24) is 0 Å². The van der Waals surface area contributed by atoms with Gasteiger partial charge in [-0.05, 0) is 34.6 Å². The van der Waals surface area contributed by atoms with Gasteiger partial charge in [0.1, 0.15) is 18.3 Å². The van der Waals surface area contributed by atoms with E-state index in [9.17, 15) is 15.3 Å². The molecule has 1 unspecified atom stereocenters. The maximum absolute atomic E-state index is 11.7. The number of nitrogens with zero attached hydrogens (tertiary/aromatic N) is 2. The zero-order valence-corrected chi connectivity index (χ0v) is 16.4. The number of esters is 1. The molecule has 27 heavy (non-hydrogen) atoms. The molecule has 10 nitrogen and oxygen atoms in total. The van der Waals surface area contributed by atoms with Crippen molar-refractivity contribution in [1.29, 1.82) is 5.39 Å². The molecule has 2 aliphatic rings. The fraction of sp³-hybridized carbons (Fsp3) is 0.824. The van der Waals surface area contributed by atoms with E-state index < -0.39 is 47.9 Å². The molecule has 2 saturated heterocycles. The predicted octanol–water partition coefficient (Wildman–Crippen LogP) is 2.21. The van der Waals surface area contributed by atoms with Crippen molar-refractivity contribution in [3.63, 3.8) is 0 Å². The van der Waals surface area contributed by atoms with E-state index >= 15 is 0 Å². The third kappa shape index (κ3) is 5.07. The maximum Gasteiger partial charge on any atom is 0.483 e. The molecule has 2 aliphatic heterocycles. The van der Waals surface area contributed by atoms with Gasteiger partial charge in [0, 0.05) is 6.92 Å². The van der Waals surface area contributed by atoms with Crippen LogP contribution in [0.3, 0.4) is 0 Å². The normalized spacial score (nSPS) is 30.9. The lowest BCUT2D eigenvalue weighted by atomic mass is 10.0. The first-order valence-corrected chi connectivity index (χ1v) is 8.75. The molecule has 4 atom stereocenters. The Bertz CT molecular complexity index is 639. The monoisotopic (exact) mass is 387 g/mol. The summed E-state index contributed by atoms with van der Waals surface area (Å²) in [4.78, 5) is 14.7. The summed E-state index contributed by atoms with van der Waals surface area (Å²) >= 11 is 0. The third-order valence-corrected chi connectivity index (χ3v) is 4.03. The van der Waals surface area contributed by atoms with Crippen molar-refractivity contribution in [2.24, 2.45) is 0 Å². The molecular formula is C17H27N2O8+. The van der Waals surface area contributed by atoms with Gasteiger partial charge < -0.3 is 33.5 Å². The minimum Gasteiger partial charge on any atom is -0.475 e. The summed E-state index contributed by atoms with van der Waals surface area (Å²) in [5, 5.41) is 19.5. The highest BCUT2D eigenvalue weighted by molar-refractivity contribution is 5.66. The highest BCUT2D eigenvalue weighted by Gasteiger charge is 2.57. The average Bonchev–Trinajstić information content (AvgIpc) is 3.05. The lowest BCUT2D eigenvalue weighted by Crippen LogP contribution is -2.46. The predicted molar refractivity (Wildman–Crippen MR) is 90.6 cm³/mol. The van der Waals surface area contributed by atoms with Crippen molar-refractivity contribution in [2.45, 2.75) is 77.5 Å². The van der Waals surface area contributed by atoms with E-state index in [2.05, 4.69) is 4.98 Å². The summed E-state index contributed by atoms with van der Waals surface area (Å²) < 4.78 is 33.6. The van der Waals surface area contributed by atoms with E-state index in [0.717, 1.165) is 0 Å². The Labute approximate surface area is 157 Å². The van der Waals surface area contributed by atoms with Crippen molar-refractivity contribution in [3.05, 3.63) is 16.6 Å². The van der Waals surface area contributed by atoms with Crippen molar-refractivity contribution >= 4 is 5.97 Å². The van der Waals surface area contributed by atoms with Crippen molar-refractivity contribution < 1.29 is 38.3 Å². The molecule has 0 spiro atoms. The molecule has 0 radical (unpaired) electrons. The summed E-state index contributed by atoms with van der Waals surface area (Å²) in [6.45, 7) is 10.1. The second kappa shape index (κ2) is 7.98. The number of ether oxygens (including phenoxy) is 6. The van der Waals surface area contributed by atoms with Crippen LogP contribution >= 0.6 is 0 Å². The van der Waals surface area contributed by atoms with Crippen LogP contribution in [0, 0.1) is 5.39 Å². The standard InChI is InChI=1S/C17H26N2O8/c1-7-22-15(21)11(19-18)13(24-9(2)20)14-12(26-17(5,6)27-14)10-8-23-16(3,4)25-10/h10,12-14H,7-8H2,1-6H3/p+1/b15-11-/t10-,12-,13?,14+/m1/s1. The Hall–Kier alpha value is -1.93.